The molecule has 3 heterocycles. The maximum Gasteiger partial charge on any atom is 0.158 e. The summed E-state index contributed by atoms with van der Waals surface area (Å²) in [5, 5.41) is 6.87. The van der Waals surface area contributed by atoms with Crippen LogP contribution in [-0.4, -0.2) is 70.8 Å². The molecule has 1 aliphatic rings. The molecule has 2 aromatic heterocycles. The van der Waals surface area contributed by atoms with Gasteiger partial charge in [0.2, 0.25) is 0 Å². The summed E-state index contributed by atoms with van der Waals surface area (Å²) in [5.41, 5.74) is 14.0. The highest BCUT2D eigenvalue weighted by Gasteiger charge is 2.17. The fourth-order valence-electron chi connectivity index (χ4n) is 3.54. The summed E-state index contributed by atoms with van der Waals surface area (Å²) in [6, 6.07) is 6.42. The second-order valence-electron chi connectivity index (χ2n) is 8.74. The highest BCUT2D eigenvalue weighted by Crippen LogP contribution is 2.24. The van der Waals surface area contributed by atoms with Crippen LogP contribution in [0.25, 0.3) is 22.6 Å². The summed E-state index contributed by atoms with van der Waals surface area (Å²) in [7, 11) is -1.27. The molecule has 8 heteroatoms. The predicted molar refractivity (Wildman–Crippen MR) is 121 cm³/mol. The fourth-order valence-corrected chi connectivity index (χ4v) is 4.15. The molecular weight excluding hydrogens is 378 g/mol. The molecule has 29 heavy (non-hydrogen) atoms. The van der Waals surface area contributed by atoms with Crippen molar-refractivity contribution >= 4 is 24.8 Å². The molecule has 0 aliphatic carbocycles. The number of nitrogen functional groups attached to an aromatic ring is 1. The number of nitrogens with two attached hydrogens (primary N) is 1. The monoisotopic (exact) mass is 407 g/mol. The summed E-state index contributed by atoms with van der Waals surface area (Å²) in [5.74, 6) is 4.11. The minimum atomic E-state index is -1.27. The van der Waals surface area contributed by atoms with E-state index in [-0.39, 0.29) is 0 Å². The lowest BCUT2D eigenvalue weighted by atomic mass is 10.1. The number of nitrogens with one attached hydrogen (secondary N) is 2. The van der Waals surface area contributed by atoms with Gasteiger partial charge in [-0.25, -0.2) is 4.98 Å². The zero-order valence-electron chi connectivity index (χ0n) is 17.4. The van der Waals surface area contributed by atoms with Crippen LogP contribution >= 0.6 is 0 Å². The van der Waals surface area contributed by atoms with Gasteiger partial charge >= 0.3 is 0 Å². The number of piperazine rings is 1. The summed E-state index contributed by atoms with van der Waals surface area (Å²) < 4.78 is 0. The first-order valence-electron chi connectivity index (χ1n) is 10.1. The maximum absolute atomic E-state index is 5.94. The van der Waals surface area contributed by atoms with Crippen molar-refractivity contribution in [2.75, 3.05) is 38.5 Å². The van der Waals surface area contributed by atoms with Crippen LogP contribution in [-0.2, 0) is 6.54 Å². The number of aromatic nitrogens is 4. The Morgan fingerprint density at radius 2 is 1.90 bits per heavy atom. The van der Waals surface area contributed by atoms with Gasteiger partial charge in [-0.05, 0) is 17.7 Å². The number of anilines is 1. The number of H-pyrrole nitrogens is 2. The first-order chi connectivity index (χ1) is 13.9. The van der Waals surface area contributed by atoms with E-state index in [0.29, 0.717) is 5.69 Å². The number of benzene rings is 1. The van der Waals surface area contributed by atoms with Crippen LogP contribution in [0.3, 0.4) is 0 Å². The van der Waals surface area contributed by atoms with E-state index in [1.807, 2.05) is 0 Å². The summed E-state index contributed by atoms with van der Waals surface area (Å²) in [6.45, 7) is 13.0. The van der Waals surface area contributed by atoms with Gasteiger partial charge in [-0.15, -0.1) is 5.54 Å². The lowest BCUT2D eigenvalue weighted by Gasteiger charge is -2.33. The van der Waals surface area contributed by atoms with Gasteiger partial charge in [0.05, 0.1) is 29.5 Å². The highest BCUT2D eigenvalue weighted by atomic mass is 28.3. The number of fused-ring (bicyclic) bond motifs is 1. The first kappa shape index (κ1) is 19.7. The Morgan fingerprint density at radius 3 is 2.59 bits per heavy atom. The van der Waals surface area contributed by atoms with E-state index in [0.717, 1.165) is 61.8 Å². The summed E-state index contributed by atoms with van der Waals surface area (Å²) in [6.07, 6.45) is 1.60. The molecule has 0 spiro atoms. The Hall–Kier alpha value is -2.60. The van der Waals surface area contributed by atoms with Crippen molar-refractivity contribution < 1.29 is 0 Å². The summed E-state index contributed by atoms with van der Waals surface area (Å²) in [4.78, 5) is 12.9. The number of rotatable bonds is 4. The third-order valence-electron chi connectivity index (χ3n) is 5.09. The van der Waals surface area contributed by atoms with Gasteiger partial charge in [-0.3, -0.25) is 14.9 Å². The highest BCUT2D eigenvalue weighted by molar-refractivity contribution is 6.83. The summed E-state index contributed by atoms with van der Waals surface area (Å²) >= 11 is 0. The van der Waals surface area contributed by atoms with Crippen molar-refractivity contribution in [2.45, 2.75) is 26.2 Å². The molecule has 0 unspecified atom stereocenters. The molecule has 1 aliphatic heterocycles. The molecule has 4 N–H and O–H groups in total. The maximum atomic E-state index is 5.94. The minimum absolute atomic E-state index is 0.594. The van der Waals surface area contributed by atoms with E-state index in [1.165, 1.54) is 5.56 Å². The zero-order valence-corrected chi connectivity index (χ0v) is 18.4. The molecular formula is C21H29N7Si. The van der Waals surface area contributed by atoms with Crippen LogP contribution in [0.5, 0.6) is 0 Å². The molecule has 1 fully saturated rings. The van der Waals surface area contributed by atoms with Crippen LogP contribution in [0.4, 0.5) is 5.69 Å². The molecule has 0 amide bonds. The van der Waals surface area contributed by atoms with Crippen molar-refractivity contribution in [3.05, 3.63) is 30.0 Å². The Kier molecular flexibility index (Phi) is 5.45. The molecule has 0 radical (unpaired) electrons. The molecule has 1 aromatic carbocycles. The van der Waals surface area contributed by atoms with Gasteiger partial charge in [-0.1, -0.05) is 31.6 Å². The molecule has 0 saturated carbocycles. The molecule has 3 aromatic rings. The van der Waals surface area contributed by atoms with Gasteiger partial charge in [0.15, 0.2) is 5.82 Å². The Bertz CT molecular complexity index is 1040. The van der Waals surface area contributed by atoms with E-state index in [1.54, 1.807) is 6.20 Å². The number of nitrogens with zero attached hydrogens (tertiary/aromatic N) is 4. The van der Waals surface area contributed by atoms with Gasteiger partial charge in [0.1, 0.15) is 13.8 Å². The van der Waals surface area contributed by atoms with Crippen molar-refractivity contribution in [1.82, 2.24) is 30.0 Å². The number of aromatic amines is 2. The lowest BCUT2D eigenvalue weighted by molar-refractivity contribution is 0.138. The molecule has 4 rings (SSSR count). The third kappa shape index (κ3) is 4.88. The quantitative estimate of drug-likeness (QED) is 0.457. The fraction of sp³-hybridized carbons (Fsp3) is 0.429. The SMILES string of the molecule is C[Si](C)(C)C#CCN1CCN(Cc2ccc3nc(-c4[nH]ncc4N)[nH]c3c2)CC1. The molecule has 1 saturated heterocycles. The van der Waals surface area contributed by atoms with Gasteiger partial charge < -0.3 is 10.7 Å². The second-order valence-corrected chi connectivity index (χ2v) is 13.5. The molecule has 0 atom stereocenters. The average Bonchev–Trinajstić information content (AvgIpc) is 3.27. The Morgan fingerprint density at radius 1 is 1.14 bits per heavy atom. The van der Waals surface area contributed by atoms with Crippen LogP contribution in [0.15, 0.2) is 24.4 Å². The lowest BCUT2D eigenvalue weighted by Crippen LogP contribution is -2.45. The van der Waals surface area contributed by atoms with Crippen molar-refractivity contribution in [3.8, 4) is 23.0 Å². The number of hydrogen-bond acceptors (Lipinski definition) is 5. The van der Waals surface area contributed by atoms with E-state index >= 15 is 0 Å². The van der Waals surface area contributed by atoms with Gasteiger partial charge in [0, 0.05) is 32.7 Å². The Labute approximate surface area is 172 Å². The van der Waals surface area contributed by atoms with E-state index in [9.17, 15) is 0 Å². The van der Waals surface area contributed by atoms with E-state index in [2.05, 4.69) is 79.3 Å². The van der Waals surface area contributed by atoms with Crippen molar-refractivity contribution in [1.29, 1.82) is 0 Å². The molecule has 0 bridgehead atoms. The van der Waals surface area contributed by atoms with Crippen LogP contribution in [0.2, 0.25) is 19.6 Å². The van der Waals surface area contributed by atoms with Crippen molar-refractivity contribution in [2.24, 2.45) is 0 Å². The Balaban J connectivity index is 1.36. The van der Waals surface area contributed by atoms with E-state index in [4.69, 9.17) is 5.73 Å². The van der Waals surface area contributed by atoms with Crippen LogP contribution in [0.1, 0.15) is 5.56 Å². The standard InChI is InChI=1S/C21H29N7Si/c1-29(2,3)12-4-7-27-8-10-28(11-9-27)15-16-5-6-18-19(13-16)25-21(24-18)20-17(22)14-23-26-20/h5-6,13-14H,7-11,15,22H2,1-3H3,(H,23,26)(H,24,25). The topological polar surface area (TPSA) is 89.9 Å². The second kappa shape index (κ2) is 8.03. The third-order valence-corrected chi connectivity index (χ3v) is 6.02. The number of hydrogen-bond donors (Lipinski definition) is 3. The van der Waals surface area contributed by atoms with Crippen molar-refractivity contribution in [3.63, 3.8) is 0 Å². The number of imidazole rings is 1. The van der Waals surface area contributed by atoms with Gasteiger partial charge in [0.25, 0.3) is 0 Å². The van der Waals surface area contributed by atoms with Gasteiger partial charge in [-0.2, -0.15) is 5.10 Å². The normalized spacial score (nSPS) is 16.1. The smallest absolute Gasteiger partial charge is 0.158 e. The van der Waals surface area contributed by atoms with E-state index < -0.39 is 8.07 Å². The molecule has 152 valence electrons. The van der Waals surface area contributed by atoms with Crippen LogP contribution < -0.4 is 5.73 Å². The average molecular weight is 408 g/mol. The predicted octanol–water partition coefficient (Wildman–Crippen LogP) is 2.53. The zero-order chi connectivity index (χ0) is 20.4. The molecule has 7 nitrogen and oxygen atoms in total. The van der Waals surface area contributed by atoms with Crippen LogP contribution in [0, 0.1) is 11.5 Å². The largest absolute Gasteiger partial charge is 0.396 e. The first-order valence-corrected chi connectivity index (χ1v) is 13.6. The minimum Gasteiger partial charge on any atom is -0.396 e.